The number of para-hydroxylation sites is 1. The smallest absolute Gasteiger partial charge is 0.133 e. The zero-order valence-electron chi connectivity index (χ0n) is 8.69. The Bertz CT molecular complexity index is 274. The summed E-state index contributed by atoms with van der Waals surface area (Å²) < 4.78 is 5.79. The maximum Gasteiger partial charge on any atom is 0.133 e. The quantitative estimate of drug-likeness (QED) is 0.760. The van der Waals surface area contributed by atoms with E-state index >= 15 is 0 Å². The lowest BCUT2D eigenvalue weighted by molar-refractivity contribution is 0.200. The van der Waals surface area contributed by atoms with E-state index in [9.17, 15) is 0 Å². The molecule has 1 aromatic carbocycles. The Hall–Kier alpha value is -0.670. The van der Waals surface area contributed by atoms with Crippen LogP contribution in [0.5, 0.6) is 5.75 Å². The minimum absolute atomic E-state index is 0.128. The average Bonchev–Trinajstić information content (AvgIpc) is 2.26. The van der Waals surface area contributed by atoms with Crippen molar-refractivity contribution in [3.05, 3.63) is 24.3 Å². The van der Waals surface area contributed by atoms with E-state index in [1.807, 2.05) is 24.5 Å². The third kappa shape index (κ3) is 2.93. The highest BCUT2D eigenvalue weighted by Gasteiger charge is 2.08. The van der Waals surface area contributed by atoms with Crippen molar-refractivity contribution in [2.24, 2.45) is 5.73 Å². The van der Waals surface area contributed by atoms with Crippen LogP contribution in [0.3, 0.4) is 0 Å². The van der Waals surface area contributed by atoms with Gasteiger partial charge in [0.2, 0.25) is 0 Å². The number of nitrogens with two attached hydrogens (primary N) is 1. The Labute approximate surface area is 89.8 Å². The van der Waals surface area contributed by atoms with E-state index in [1.54, 1.807) is 11.8 Å². The lowest BCUT2D eigenvalue weighted by Crippen LogP contribution is -2.25. The number of rotatable bonds is 5. The van der Waals surface area contributed by atoms with Gasteiger partial charge in [-0.15, -0.1) is 11.8 Å². The van der Waals surface area contributed by atoms with Crippen LogP contribution in [0.15, 0.2) is 29.2 Å². The van der Waals surface area contributed by atoms with Crippen LogP contribution < -0.4 is 10.5 Å². The Morgan fingerprint density at radius 2 is 2.14 bits per heavy atom. The van der Waals surface area contributed by atoms with E-state index in [1.165, 1.54) is 4.90 Å². The van der Waals surface area contributed by atoms with Gasteiger partial charge in [0.05, 0.1) is 0 Å². The third-order valence-electron chi connectivity index (χ3n) is 2.08. The largest absolute Gasteiger partial charge is 0.488 e. The first-order valence-electron chi connectivity index (χ1n) is 4.81. The Morgan fingerprint density at radius 1 is 1.43 bits per heavy atom. The highest BCUT2D eigenvalue weighted by molar-refractivity contribution is 7.98. The van der Waals surface area contributed by atoms with Crippen LogP contribution in [0.25, 0.3) is 0 Å². The lowest BCUT2D eigenvalue weighted by Gasteiger charge is -2.17. The van der Waals surface area contributed by atoms with Crippen LogP contribution in [0, 0.1) is 0 Å². The molecule has 3 heteroatoms. The van der Waals surface area contributed by atoms with Crippen molar-refractivity contribution >= 4 is 11.8 Å². The molecule has 0 bridgehead atoms. The van der Waals surface area contributed by atoms with Gasteiger partial charge in [0.25, 0.3) is 0 Å². The number of thioether (sulfide) groups is 1. The molecule has 0 spiro atoms. The molecule has 0 fully saturated rings. The molecule has 0 aliphatic heterocycles. The van der Waals surface area contributed by atoms with E-state index < -0.39 is 0 Å². The summed E-state index contributed by atoms with van der Waals surface area (Å²) in [5.74, 6) is 0.942. The molecule has 14 heavy (non-hydrogen) atoms. The first-order valence-corrected chi connectivity index (χ1v) is 6.04. The van der Waals surface area contributed by atoms with E-state index in [0.717, 1.165) is 12.2 Å². The summed E-state index contributed by atoms with van der Waals surface area (Å²) in [6.45, 7) is 2.65. The van der Waals surface area contributed by atoms with Gasteiger partial charge in [0, 0.05) is 11.4 Å². The van der Waals surface area contributed by atoms with E-state index in [4.69, 9.17) is 10.5 Å². The van der Waals surface area contributed by atoms with E-state index in [-0.39, 0.29) is 6.10 Å². The molecule has 0 heterocycles. The number of ether oxygens (including phenoxy) is 1. The van der Waals surface area contributed by atoms with Gasteiger partial charge < -0.3 is 10.5 Å². The van der Waals surface area contributed by atoms with Gasteiger partial charge in [-0.25, -0.2) is 0 Å². The second kappa shape index (κ2) is 5.94. The average molecular weight is 211 g/mol. The van der Waals surface area contributed by atoms with Crippen molar-refractivity contribution in [3.8, 4) is 5.75 Å². The minimum atomic E-state index is 0.128. The SMILES string of the molecule is CCC(CN)Oc1ccccc1SC. The molecule has 2 N–H and O–H groups in total. The summed E-state index contributed by atoms with van der Waals surface area (Å²) in [6, 6.07) is 8.05. The second-order valence-electron chi connectivity index (χ2n) is 3.03. The molecule has 0 amide bonds. The second-order valence-corrected chi connectivity index (χ2v) is 3.88. The fraction of sp³-hybridized carbons (Fsp3) is 0.455. The highest BCUT2D eigenvalue weighted by atomic mass is 32.2. The molecule has 0 saturated carbocycles. The minimum Gasteiger partial charge on any atom is -0.488 e. The van der Waals surface area contributed by atoms with Gasteiger partial charge in [-0.1, -0.05) is 19.1 Å². The van der Waals surface area contributed by atoms with Crippen molar-refractivity contribution in [2.75, 3.05) is 12.8 Å². The van der Waals surface area contributed by atoms with Crippen LogP contribution in [0.4, 0.5) is 0 Å². The van der Waals surface area contributed by atoms with Gasteiger partial charge in [-0.3, -0.25) is 0 Å². The molecule has 1 unspecified atom stereocenters. The Balaban J connectivity index is 2.74. The standard InChI is InChI=1S/C11H17NOS/c1-3-9(8-12)13-10-6-4-5-7-11(10)14-2/h4-7,9H,3,8,12H2,1-2H3. The summed E-state index contributed by atoms with van der Waals surface area (Å²) in [5.41, 5.74) is 5.59. The van der Waals surface area contributed by atoms with Crippen molar-refractivity contribution in [1.82, 2.24) is 0 Å². The molecule has 1 aromatic rings. The normalized spacial score (nSPS) is 12.5. The summed E-state index contributed by atoms with van der Waals surface area (Å²) >= 11 is 1.69. The molecule has 0 saturated heterocycles. The maximum absolute atomic E-state index is 5.79. The fourth-order valence-corrected chi connectivity index (χ4v) is 1.73. The van der Waals surface area contributed by atoms with Gasteiger partial charge in [0.1, 0.15) is 11.9 Å². The van der Waals surface area contributed by atoms with Crippen molar-refractivity contribution < 1.29 is 4.74 Å². The molecule has 0 aliphatic rings. The van der Waals surface area contributed by atoms with Gasteiger partial charge >= 0.3 is 0 Å². The highest BCUT2D eigenvalue weighted by Crippen LogP contribution is 2.27. The zero-order valence-corrected chi connectivity index (χ0v) is 9.51. The van der Waals surface area contributed by atoms with Crippen molar-refractivity contribution in [3.63, 3.8) is 0 Å². The molecule has 1 rings (SSSR count). The van der Waals surface area contributed by atoms with Gasteiger partial charge in [-0.2, -0.15) is 0 Å². The van der Waals surface area contributed by atoms with Crippen LogP contribution in [0.2, 0.25) is 0 Å². The maximum atomic E-state index is 5.79. The molecule has 0 aromatic heterocycles. The molecule has 2 nitrogen and oxygen atoms in total. The fourth-order valence-electron chi connectivity index (χ4n) is 1.19. The first kappa shape index (κ1) is 11.4. The van der Waals surface area contributed by atoms with E-state index in [0.29, 0.717) is 6.54 Å². The van der Waals surface area contributed by atoms with Crippen LogP contribution in [0.1, 0.15) is 13.3 Å². The number of hydrogen-bond acceptors (Lipinski definition) is 3. The van der Waals surface area contributed by atoms with E-state index in [2.05, 4.69) is 13.0 Å². The third-order valence-corrected chi connectivity index (χ3v) is 2.86. The molecular formula is C11H17NOS. The van der Waals surface area contributed by atoms with Crippen molar-refractivity contribution in [2.45, 2.75) is 24.3 Å². The van der Waals surface area contributed by atoms with Gasteiger partial charge in [-0.05, 0) is 24.8 Å². The Kier molecular flexibility index (Phi) is 4.84. The molecular weight excluding hydrogens is 194 g/mol. The van der Waals surface area contributed by atoms with Crippen molar-refractivity contribution in [1.29, 1.82) is 0 Å². The van der Waals surface area contributed by atoms with Crippen LogP contribution in [-0.2, 0) is 0 Å². The summed E-state index contributed by atoms with van der Waals surface area (Å²) in [5, 5.41) is 0. The zero-order chi connectivity index (χ0) is 10.4. The first-order chi connectivity index (χ1) is 6.81. The monoisotopic (exact) mass is 211 g/mol. The van der Waals surface area contributed by atoms with Crippen LogP contribution >= 0.6 is 11.8 Å². The van der Waals surface area contributed by atoms with Crippen LogP contribution in [-0.4, -0.2) is 18.9 Å². The molecule has 0 aliphatic carbocycles. The number of hydrogen-bond donors (Lipinski definition) is 1. The number of benzene rings is 1. The summed E-state index contributed by atoms with van der Waals surface area (Å²) in [6.07, 6.45) is 3.12. The topological polar surface area (TPSA) is 35.2 Å². The molecule has 0 radical (unpaired) electrons. The Morgan fingerprint density at radius 3 is 2.71 bits per heavy atom. The molecule has 1 atom stereocenters. The van der Waals surface area contributed by atoms with Gasteiger partial charge in [0.15, 0.2) is 0 Å². The predicted molar refractivity (Wildman–Crippen MR) is 62.0 cm³/mol. The summed E-state index contributed by atoms with van der Waals surface area (Å²) in [4.78, 5) is 1.17. The molecule has 78 valence electrons. The predicted octanol–water partition coefficient (Wildman–Crippen LogP) is 2.52. The lowest BCUT2D eigenvalue weighted by atomic mass is 10.2. The summed E-state index contributed by atoms with van der Waals surface area (Å²) in [7, 11) is 0.